The van der Waals surface area contributed by atoms with Gasteiger partial charge in [-0.15, -0.1) is 0 Å². The Morgan fingerprint density at radius 2 is 1.81 bits per heavy atom. The molecule has 0 radical (unpaired) electrons. The van der Waals surface area contributed by atoms with Gasteiger partial charge in [0.2, 0.25) is 0 Å². The molecule has 0 aliphatic carbocycles. The SMILES string of the molecule is Cc1ccc(OCCN)cc1C(=O)N[C@H](C)c1cccc(-c2ccc3c(c2)OCCO3)c1. The molecule has 1 amide bonds. The highest BCUT2D eigenvalue weighted by Crippen LogP contribution is 2.35. The van der Waals surface area contributed by atoms with E-state index in [4.69, 9.17) is 19.9 Å². The summed E-state index contributed by atoms with van der Waals surface area (Å²) in [7, 11) is 0. The maximum absolute atomic E-state index is 13.0. The number of hydrogen-bond acceptors (Lipinski definition) is 5. The summed E-state index contributed by atoms with van der Waals surface area (Å²) in [6.07, 6.45) is 0. The zero-order chi connectivity index (χ0) is 22.5. The van der Waals surface area contributed by atoms with Crippen LogP contribution < -0.4 is 25.3 Å². The van der Waals surface area contributed by atoms with E-state index in [-0.39, 0.29) is 11.9 Å². The summed E-state index contributed by atoms with van der Waals surface area (Å²) >= 11 is 0. The molecule has 166 valence electrons. The van der Waals surface area contributed by atoms with Crippen molar-refractivity contribution in [1.29, 1.82) is 0 Å². The molecule has 1 aliphatic rings. The smallest absolute Gasteiger partial charge is 0.252 e. The number of carbonyl (C=O) groups excluding carboxylic acids is 1. The predicted molar refractivity (Wildman–Crippen MR) is 124 cm³/mol. The molecule has 1 heterocycles. The number of rotatable bonds is 7. The minimum atomic E-state index is -0.173. The highest BCUT2D eigenvalue weighted by Gasteiger charge is 2.16. The first kappa shape index (κ1) is 21.7. The van der Waals surface area contributed by atoms with E-state index in [1.54, 1.807) is 6.07 Å². The Hall–Kier alpha value is -3.51. The second kappa shape index (κ2) is 9.75. The highest BCUT2D eigenvalue weighted by molar-refractivity contribution is 5.96. The summed E-state index contributed by atoms with van der Waals surface area (Å²) < 4.78 is 16.9. The van der Waals surface area contributed by atoms with Gasteiger partial charge in [0.1, 0.15) is 25.6 Å². The Kier molecular flexibility index (Phi) is 6.61. The predicted octanol–water partition coefficient (Wildman–Crippen LogP) is 4.26. The minimum absolute atomic E-state index is 0.141. The molecule has 3 aromatic carbocycles. The molecule has 3 aromatic rings. The second-order valence-corrected chi connectivity index (χ2v) is 7.79. The number of aryl methyl sites for hydroxylation is 1. The topological polar surface area (TPSA) is 82.8 Å². The molecule has 0 unspecified atom stereocenters. The lowest BCUT2D eigenvalue weighted by molar-refractivity contribution is 0.0939. The fourth-order valence-electron chi connectivity index (χ4n) is 3.68. The first-order valence-corrected chi connectivity index (χ1v) is 10.8. The molecule has 6 heteroatoms. The molecule has 32 heavy (non-hydrogen) atoms. The van der Waals surface area contributed by atoms with Gasteiger partial charge in [-0.25, -0.2) is 0 Å². The molecular formula is C26H28N2O4. The third-order valence-electron chi connectivity index (χ3n) is 5.45. The Bertz CT molecular complexity index is 1110. The average molecular weight is 433 g/mol. The van der Waals surface area contributed by atoms with E-state index < -0.39 is 0 Å². The molecule has 0 aromatic heterocycles. The second-order valence-electron chi connectivity index (χ2n) is 7.79. The summed E-state index contributed by atoms with van der Waals surface area (Å²) in [6, 6.07) is 19.4. The lowest BCUT2D eigenvalue weighted by atomic mass is 9.99. The quantitative estimate of drug-likeness (QED) is 0.583. The molecular weight excluding hydrogens is 404 g/mol. The molecule has 0 spiro atoms. The largest absolute Gasteiger partial charge is 0.492 e. The van der Waals surface area contributed by atoms with E-state index >= 15 is 0 Å². The number of nitrogens with one attached hydrogen (secondary N) is 1. The minimum Gasteiger partial charge on any atom is -0.492 e. The van der Waals surface area contributed by atoms with Crippen LogP contribution in [0.1, 0.15) is 34.5 Å². The zero-order valence-electron chi connectivity index (χ0n) is 18.4. The molecule has 0 saturated carbocycles. The summed E-state index contributed by atoms with van der Waals surface area (Å²) in [6.45, 7) is 5.84. The van der Waals surface area contributed by atoms with Crippen molar-refractivity contribution in [2.75, 3.05) is 26.4 Å². The molecule has 6 nitrogen and oxygen atoms in total. The highest BCUT2D eigenvalue weighted by atomic mass is 16.6. The van der Waals surface area contributed by atoms with Crippen LogP contribution in [-0.4, -0.2) is 32.3 Å². The van der Waals surface area contributed by atoms with Crippen LogP contribution in [0.5, 0.6) is 17.2 Å². The lowest BCUT2D eigenvalue weighted by Gasteiger charge is -2.19. The summed E-state index contributed by atoms with van der Waals surface area (Å²) in [5.74, 6) is 2.02. The van der Waals surface area contributed by atoms with Crippen molar-refractivity contribution >= 4 is 5.91 Å². The van der Waals surface area contributed by atoms with Gasteiger partial charge in [0.25, 0.3) is 5.91 Å². The number of nitrogens with two attached hydrogens (primary N) is 1. The van der Waals surface area contributed by atoms with Gasteiger partial charge in [-0.05, 0) is 66.4 Å². The monoisotopic (exact) mass is 432 g/mol. The van der Waals surface area contributed by atoms with Crippen molar-refractivity contribution in [2.45, 2.75) is 19.9 Å². The van der Waals surface area contributed by atoms with Crippen LogP contribution in [0.3, 0.4) is 0 Å². The van der Waals surface area contributed by atoms with Crippen molar-refractivity contribution in [3.05, 3.63) is 77.4 Å². The van der Waals surface area contributed by atoms with Crippen molar-refractivity contribution in [3.63, 3.8) is 0 Å². The van der Waals surface area contributed by atoms with E-state index in [9.17, 15) is 4.79 Å². The van der Waals surface area contributed by atoms with Crippen molar-refractivity contribution in [2.24, 2.45) is 5.73 Å². The van der Waals surface area contributed by atoms with Crippen molar-refractivity contribution in [1.82, 2.24) is 5.32 Å². The Morgan fingerprint density at radius 1 is 1.03 bits per heavy atom. The number of ether oxygens (including phenoxy) is 3. The molecule has 4 rings (SSSR count). The first-order valence-electron chi connectivity index (χ1n) is 10.8. The maximum atomic E-state index is 13.0. The fourth-order valence-corrected chi connectivity index (χ4v) is 3.68. The van der Waals surface area contributed by atoms with E-state index in [0.29, 0.717) is 37.7 Å². The van der Waals surface area contributed by atoms with E-state index in [0.717, 1.165) is 33.8 Å². The van der Waals surface area contributed by atoms with Crippen LogP contribution in [-0.2, 0) is 0 Å². The van der Waals surface area contributed by atoms with Crippen molar-refractivity contribution in [3.8, 4) is 28.4 Å². The van der Waals surface area contributed by atoms with Gasteiger partial charge in [0, 0.05) is 12.1 Å². The lowest BCUT2D eigenvalue weighted by Crippen LogP contribution is -2.27. The summed E-state index contributed by atoms with van der Waals surface area (Å²) in [5, 5.41) is 3.10. The van der Waals surface area contributed by atoms with Gasteiger partial charge in [-0.1, -0.05) is 30.3 Å². The van der Waals surface area contributed by atoms with E-state index in [2.05, 4.69) is 11.4 Å². The average Bonchev–Trinajstić information content (AvgIpc) is 2.83. The van der Waals surface area contributed by atoms with Gasteiger partial charge in [-0.2, -0.15) is 0 Å². The maximum Gasteiger partial charge on any atom is 0.252 e. The summed E-state index contributed by atoms with van der Waals surface area (Å²) in [5.41, 5.74) is 10.1. The van der Waals surface area contributed by atoms with Gasteiger partial charge in [0.05, 0.1) is 6.04 Å². The van der Waals surface area contributed by atoms with Crippen LogP contribution in [0.25, 0.3) is 11.1 Å². The first-order chi connectivity index (χ1) is 15.5. The Balaban J connectivity index is 1.51. The fraction of sp³-hybridized carbons (Fsp3) is 0.269. The Morgan fingerprint density at radius 3 is 2.62 bits per heavy atom. The number of amides is 1. The number of carbonyl (C=O) groups is 1. The third kappa shape index (κ3) is 4.86. The van der Waals surface area contributed by atoms with Crippen LogP contribution in [0.4, 0.5) is 0 Å². The number of benzene rings is 3. The normalized spacial score (nSPS) is 13.3. The number of hydrogen-bond donors (Lipinski definition) is 2. The van der Waals surface area contributed by atoms with Crippen LogP contribution in [0.15, 0.2) is 60.7 Å². The zero-order valence-corrected chi connectivity index (χ0v) is 18.4. The van der Waals surface area contributed by atoms with Gasteiger partial charge < -0.3 is 25.3 Å². The molecule has 1 atom stereocenters. The van der Waals surface area contributed by atoms with E-state index in [1.165, 1.54) is 0 Å². The Labute approximate surface area is 188 Å². The molecule has 1 aliphatic heterocycles. The van der Waals surface area contributed by atoms with Crippen LogP contribution >= 0.6 is 0 Å². The van der Waals surface area contributed by atoms with Crippen molar-refractivity contribution < 1.29 is 19.0 Å². The van der Waals surface area contributed by atoms with E-state index in [1.807, 2.05) is 62.4 Å². The van der Waals surface area contributed by atoms with Gasteiger partial charge in [-0.3, -0.25) is 4.79 Å². The molecule has 3 N–H and O–H groups in total. The number of fused-ring (bicyclic) bond motifs is 1. The molecule has 0 fully saturated rings. The molecule has 0 saturated heterocycles. The van der Waals surface area contributed by atoms with Crippen LogP contribution in [0.2, 0.25) is 0 Å². The summed E-state index contributed by atoms with van der Waals surface area (Å²) in [4.78, 5) is 13.0. The van der Waals surface area contributed by atoms with Gasteiger partial charge in [0.15, 0.2) is 11.5 Å². The van der Waals surface area contributed by atoms with Crippen LogP contribution in [0, 0.1) is 6.92 Å². The standard InChI is InChI=1S/C26H28N2O4/c1-17-6-8-22(30-11-10-27)16-23(17)26(29)28-18(2)19-4-3-5-20(14-19)21-7-9-24-25(15-21)32-13-12-31-24/h3-9,14-16,18H,10-13,27H2,1-2H3,(H,28,29)/t18-/m1/s1. The molecule has 0 bridgehead atoms. The third-order valence-corrected chi connectivity index (χ3v) is 5.45. The van der Waals surface area contributed by atoms with Gasteiger partial charge >= 0.3 is 0 Å².